The Bertz CT molecular complexity index is 1140. The molecule has 1 amide bonds. The zero-order chi connectivity index (χ0) is 21.5. The molecule has 2 unspecified atom stereocenters. The first-order valence-corrected chi connectivity index (χ1v) is 10.4. The number of hydrogen-bond acceptors (Lipinski definition) is 6. The van der Waals surface area contributed by atoms with Gasteiger partial charge >= 0.3 is 0 Å². The number of nitrogens with one attached hydrogen (secondary N) is 2. The van der Waals surface area contributed by atoms with E-state index in [0.717, 1.165) is 23.4 Å². The monoisotopic (exact) mass is 417 g/mol. The number of fused-ring (bicyclic) bond motifs is 1. The summed E-state index contributed by atoms with van der Waals surface area (Å²) in [5.41, 5.74) is 3.63. The lowest BCUT2D eigenvalue weighted by Crippen LogP contribution is -2.37. The molecule has 1 aromatic heterocycles. The zero-order valence-electron chi connectivity index (χ0n) is 17.4. The van der Waals surface area contributed by atoms with Gasteiger partial charge in [-0.1, -0.05) is 19.1 Å². The average Bonchev–Trinajstić information content (AvgIpc) is 3.21. The van der Waals surface area contributed by atoms with Gasteiger partial charge in [-0.15, -0.1) is 0 Å². The molecule has 0 saturated heterocycles. The lowest BCUT2D eigenvalue weighted by molar-refractivity contribution is -0.117. The molecule has 3 aliphatic rings. The molecule has 0 radical (unpaired) electrons. The van der Waals surface area contributed by atoms with E-state index in [2.05, 4.69) is 22.5 Å². The van der Waals surface area contributed by atoms with Crippen LogP contribution >= 0.6 is 0 Å². The number of rotatable bonds is 3. The van der Waals surface area contributed by atoms with Gasteiger partial charge in [-0.3, -0.25) is 9.59 Å². The van der Waals surface area contributed by atoms with E-state index in [1.807, 2.05) is 31.2 Å². The molecule has 2 aliphatic heterocycles. The van der Waals surface area contributed by atoms with Crippen LogP contribution in [-0.4, -0.2) is 23.5 Å². The molecule has 0 spiro atoms. The lowest BCUT2D eigenvalue weighted by Gasteiger charge is -2.36. The first-order chi connectivity index (χ1) is 15.0. The second-order valence-electron chi connectivity index (χ2n) is 8.21. The maximum Gasteiger partial charge on any atom is 0.255 e. The number of pyridine rings is 1. The van der Waals surface area contributed by atoms with Crippen molar-refractivity contribution < 1.29 is 19.1 Å². The molecule has 7 heteroatoms. The number of Topliss-reactive ketones (excluding diaryl/α,β-unsaturated/α-hetero) is 1. The van der Waals surface area contributed by atoms with E-state index in [1.54, 1.807) is 18.3 Å². The molecule has 1 aliphatic carbocycles. The molecule has 0 fully saturated rings. The summed E-state index contributed by atoms with van der Waals surface area (Å²) >= 11 is 0. The van der Waals surface area contributed by atoms with Crippen molar-refractivity contribution in [3.63, 3.8) is 0 Å². The predicted octanol–water partition coefficient (Wildman–Crippen LogP) is 3.66. The molecular formula is C24H23N3O4. The first kappa shape index (κ1) is 19.4. The van der Waals surface area contributed by atoms with Gasteiger partial charge in [-0.2, -0.15) is 0 Å². The van der Waals surface area contributed by atoms with Crippen LogP contribution in [0.3, 0.4) is 0 Å². The molecule has 2 aromatic rings. The van der Waals surface area contributed by atoms with Gasteiger partial charge in [0.05, 0.1) is 0 Å². The Balaban J connectivity index is 1.61. The normalized spacial score (nSPS) is 22.2. The van der Waals surface area contributed by atoms with Gasteiger partial charge in [0.1, 0.15) is 5.82 Å². The van der Waals surface area contributed by atoms with Gasteiger partial charge < -0.3 is 20.1 Å². The number of anilines is 1. The first-order valence-electron chi connectivity index (χ1n) is 10.4. The van der Waals surface area contributed by atoms with Crippen molar-refractivity contribution in [2.75, 3.05) is 12.1 Å². The molecule has 5 rings (SSSR count). The summed E-state index contributed by atoms with van der Waals surface area (Å²) in [6.45, 7) is 4.11. The van der Waals surface area contributed by atoms with E-state index >= 15 is 0 Å². The van der Waals surface area contributed by atoms with Crippen LogP contribution in [0.1, 0.15) is 38.2 Å². The summed E-state index contributed by atoms with van der Waals surface area (Å²) < 4.78 is 11.0. The number of ether oxygens (including phenoxy) is 2. The Morgan fingerprint density at radius 3 is 2.81 bits per heavy atom. The van der Waals surface area contributed by atoms with Gasteiger partial charge in [0.25, 0.3) is 5.91 Å². The minimum absolute atomic E-state index is 0.0690. The summed E-state index contributed by atoms with van der Waals surface area (Å²) in [4.78, 5) is 30.8. The van der Waals surface area contributed by atoms with Crippen molar-refractivity contribution in [3.8, 4) is 11.5 Å². The Hall–Kier alpha value is -3.61. The molecular weight excluding hydrogens is 394 g/mol. The summed E-state index contributed by atoms with van der Waals surface area (Å²) in [7, 11) is 0. The van der Waals surface area contributed by atoms with Crippen molar-refractivity contribution in [2.45, 2.75) is 32.6 Å². The summed E-state index contributed by atoms with van der Waals surface area (Å²) in [5, 5.41) is 6.22. The summed E-state index contributed by atoms with van der Waals surface area (Å²) in [6, 6.07) is 10.9. The lowest BCUT2D eigenvalue weighted by atomic mass is 9.73. The maximum atomic E-state index is 13.4. The van der Waals surface area contributed by atoms with Crippen LogP contribution in [0.5, 0.6) is 11.5 Å². The summed E-state index contributed by atoms with van der Waals surface area (Å²) in [5.74, 6) is 1.29. The largest absolute Gasteiger partial charge is 0.454 e. The molecule has 3 heterocycles. The molecule has 0 bridgehead atoms. The topological polar surface area (TPSA) is 89.6 Å². The fourth-order valence-corrected chi connectivity index (χ4v) is 4.58. The highest BCUT2D eigenvalue weighted by atomic mass is 16.7. The number of benzene rings is 1. The van der Waals surface area contributed by atoms with Crippen molar-refractivity contribution in [3.05, 3.63) is 70.7 Å². The highest BCUT2D eigenvalue weighted by Crippen LogP contribution is 2.45. The van der Waals surface area contributed by atoms with Gasteiger partial charge in [0.2, 0.25) is 6.79 Å². The van der Waals surface area contributed by atoms with Crippen molar-refractivity contribution >= 4 is 17.5 Å². The number of nitrogens with zero attached hydrogens (tertiary/aromatic N) is 1. The molecule has 2 N–H and O–H groups in total. The molecule has 158 valence electrons. The van der Waals surface area contributed by atoms with Crippen LogP contribution < -0.4 is 20.1 Å². The van der Waals surface area contributed by atoms with Crippen molar-refractivity contribution in [2.24, 2.45) is 5.92 Å². The molecule has 0 saturated carbocycles. The maximum absolute atomic E-state index is 13.4. The number of dihydropyridines is 1. The Kier molecular flexibility index (Phi) is 4.73. The second kappa shape index (κ2) is 7.58. The highest BCUT2D eigenvalue weighted by Gasteiger charge is 2.40. The van der Waals surface area contributed by atoms with Crippen LogP contribution in [0.15, 0.2) is 65.1 Å². The third-order valence-electron chi connectivity index (χ3n) is 5.91. The predicted molar refractivity (Wildman–Crippen MR) is 114 cm³/mol. The van der Waals surface area contributed by atoms with E-state index in [-0.39, 0.29) is 24.4 Å². The fraction of sp³-hybridized carbons (Fsp3) is 0.292. The molecule has 7 nitrogen and oxygen atoms in total. The van der Waals surface area contributed by atoms with Crippen LogP contribution in [0, 0.1) is 5.92 Å². The molecule has 2 atom stereocenters. The van der Waals surface area contributed by atoms with Crippen LogP contribution in [-0.2, 0) is 9.59 Å². The van der Waals surface area contributed by atoms with E-state index in [0.29, 0.717) is 34.9 Å². The number of carbonyl (C=O) groups is 2. The third-order valence-corrected chi connectivity index (χ3v) is 5.91. The second-order valence-corrected chi connectivity index (χ2v) is 8.21. The number of hydrogen-bond donors (Lipinski definition) is 2. The Morgan fingerprint density at radius 1 is 1.16 bits per heavy atom. The smallest absolute Gasteiger partial charge is 0.255 e. The van der Waals surface area contributed by atoms with Crippen LogP contribution in [0.4, 0.5) is 5.82 Å². The minimum Gasteiger partial charge on any atom is -0.454 e. The van der Waals surface area contributed by atoms with Gasteiger partial charge in [0, 0.05) is 41.1 Å². The fourth-order valence-electron chi connectivity index (χ4n) is 4.58. The minimum atomic E-state index is -0.491. The number of ketones is 1. The number of amides is 1. The average molecular weight is 417 g/mol. The molecule has 1 aromatic carbocycles. The van der Waals surface area contributed by atoms with Crippen LogP contribution in [0.25, 0.3) is 0 Å². The van der Waals surface area contributed by atoms with E-state index in [1.165, 1.54) is 0 Å². The highest BCUT2D eigenvalue weighted by molar-refractivity contribution is 6.09. The third kappa shape index (κ3) is 3.46. The quantitative estimate of drug-likeness (QED) is 0.792. The van der Waals surface area contributed by atoms with Gasteiger partial charge in [-0.05, 0) is 49.1 Å². The Labute approximate surface area is 180 Å². The van der Waals surface area contributed by atoms with Crippen molar-refractivity contribution in [1.82, 2.24) is 10.3 Å². The summed E-state index contributed by atoms with van der Waals surface area (Å²) in [6.07, 6.45) is 2.86. The number of allylic oxidation sites excluding steroid dienone is 3. The van der Waals surface area contributed by atoms with E-state index in [4.69, 9.17) is 9.47 Å². The molecule has 31 heavy (non-hydrogen) atoms. The van der Waals surface area contributed by atoms with Crippen molar-refractivity contribution in [1.29, 1.82) is 0 Å². The van der Waals surface area contributed by atoms with Gasteiger partial charge in [-0.25, -0.2) is 4.98 Å². The van der Waals surface area contributed by atoms with E-state index in [9.17, 15) is 9.59 Å². The number of carbonyl (C=O) groups excluding carboxylic acids is 2. The van der Waals surface area contributed by atoms with Gasteiger partial charge in [0.15, 0.2) is 17.3 Å². The zero-order valence-corrected chi connectivity index (χ0v) is 17.4. The standard InChI is InChI=1S/C24H23N3O4/c1-13-9-16-23(17(28)10-13)22(15-6-7-18-19(11-15)31-12-30-18)21(14(2)26-16)24(29)27-20-5-3-4-8-25-20/h3-8,11,13,22,26H,9-10,12H2,1-2H3,(H,25,27,29). The number of aromatic nitrogens is 1. The van der Waals surface area contributed by atoms with E-state index < -0.39 is 5.92 Å². The van der Waals surface area contributed by atoms with Crippen LogP contribution in [0.2, 0.25) is 0 Å². The SMILES string of the molecule is CC1=C(C(=O)Nc2ccccn2)C(c2ccc3c(c2)OCO3)C2=C(CC(C)CC2=O)N1. The Morgan fingerprint density at radius 2 is 2.00 bits per heavy atom.